The molecule has 2 amide bonds. The second-order valence-corrected chi connectivity index (χ2v) is 4.05. The third-order valence-electron chi connectivity index (χ3n) is 2.60. The molecule has 2 rings (SSSR count). The van der Waals surface area contributed by atoms with Crippen molar-refractivity contribution in [2.24, 2.45) is 0 Å². The van der Waals surface area contributed by atoms with E-state index in [1.807, 2.05) is 0 Å². The molecule has 17 heavy (non-hydrogen) atoms. The highest BCUT2D eigenvalue weighted by atomic mass is 16.2. The van der Waals surface area contributed by atoms with Crippen LogP contribution in [0.15, 0.2) is 12.3 Å². The van der Waals surface area contributed by atoms with Crippen molar-refractivity contribution < 1.29 is 9.59 Å². The standard InChI is InChI=1S/C10H15N5O2/c11-8-3-4-15(14-8)6-10(17)12-5-7-1-2-9(16)13-7/h3-4,7H,1-2,5-6H2,(H2,11,14)(H,12,17)(H,13,16). The third kappa shape index (κ3) is 3.20. The third-order valence-corrected chi connectivity index (χ3v) is 2.60. The minimum Gasteiger partial charge on any atom is -0.382 e. The van der Waals surface area contributed by atoms with Crippen molar-refractivity contribution in [2.45, 2.75) is 25.4 Å². The van der Waals surface area contributed by atoms with E-state index in [-0.39, 0.29) is 24.4 Å². The number of nitrogens with zero attached hydrogens (tertiary/aromatic N) is 2. The van der Waals surface area contributed by atoms with Gasteiger partial charge in [0.1, 0.15) is 12.4 Å². The molecule has 1 aliphatic rings. The average Bonchev–Trinajstić information content (AvgIpc) is 2.85. The first-order valence-electron chi connectivity index (χ1n) is 5.48. The summed E-state index contributed by atoms with van der Waals surface area (Å²) < 4.78 is 1.47. The van der Waals surface area contributed by atoms with Crippen molar-refractivity contribution in [3.05, 3.63) is 12.3 Å². The fourth-order valence-electron chi connectivity index (χ4n) is 1.74. The first-order valence-corrected chi connectivity index (χ1v) is 5.48. The summed E-state index contributed by atoms with van der Waals surface area (Å²) in [5.74, 6) is 0.291. The van der Waals surface area contributed by atoms with E-state index in [0.717, 1.165) is 6.42 Å². The van der Waals surface area contributed by atoms with Crippen molar-refractivity contribution in [1.82, 2.24) is 20.4 Å². The monoisotopic (exact) mass is 237 g/mol. The number of hydrogen-bond donors (Lipinski definition) is 3. The number of carbonyl (C=O) groups excluding carboxylic acids is 2. The molecule has 0 saturated carbocycles. The van der Waals surface area contributed by atoms with E-state index < -0.39 is 0 Å². The molecule has 0 aliphatic carbocycles. The van der Waals surface area contributed by atoms with Crippen LogP contribution in [-0.2, 0) is 16.1 Å². The molecule has 7 nitrogen and oxygen atoms in total. The maximum Gasteiger partial charge on any atom is 0.241 e. The van der Waals surface area contributed by atoms with Gasteiger partial charge in [0, 0.05) is 25.2 Å². The lowest BCUT2D eigenvalue weighted by atomic mass is 10.2. The van der Waals surface area contributed by atoms with Crippen LogP contribution in [-0.4, -0.2) is 34.2 Å². The minimum atomic E-state index is -0.144. The van der Waals surface area contributed by atoms with E-state index in [1.54, 1.807) is 12.3 Å². The van der Waals surface area contributed by atoms with Gasteiger partial charge in [-0.05, 0) is 12.5 Å². The van der Waals surface area contributed by atoms with E-state index in [9.17, 15) is 9.59 Å². The first kappa shape index (κ1) is 11.4. The molecule has 1 saturated heterocycles. The van der Waals surface area contributed by atoms with Gasteiger partial charge in [0.05, 0.1) is 0 Å². The molecule has 0 spiro atoms. The summed E-state index contributed by atoms with van der Waals surface area (Å²) in [4.78, 5) is 22.5. The number of hydrogen-bond acceptors (Lipinski definition) is 4. The highest BCUT2D eigenvalue weighted by Gasteiger charge is 2.20. The van der Waals surface area contributed by atoms with Gasteiger partial charge in [0.25, 0.3) is 0 Å². The number of rotatable bonds is 4. The zero-order valence-electron chi connectivity index (χ0n) is 9.35. The van der Waals surface area contributed by atoms with E-state index in [0.29, 0.717) is 18.8 Å². The molecule has 1 aromatic rings. The van der Waals surface area contributed by atoms with Gasteiger partial charge in [-0.2, -0.15) is 5.10 Å². The maximum absolute atomic E-state index is 11.5. The fraction of sp³-hybridized carbons (Fsp3) is 0.500. The second kappa shape index (κ2) is 4.86. The molecule has 7 heteroatoms. The minimum absolute atomic E-state index is 0.0455. The van der Waals surface area contributed by atoms with Crippen molar-refractivity contribution in [1.29, 1.82) is 0 Å². The zero-order chi connectivity index (χ0) is 12.3. The molecule has 1 unspecified atom stereocenters. The van der Waals surface area contributed by atoms with Crippen LogP contribution in [0.3, 0.4) is 0 Å². The molecule has 1 aromatic heterocycles. The Kier molecular flexibility index (Phi) is 3.27. The van der Waals surface area contributed by atoms with Crippen LogP contribution in [0.2, 0.25) is 0 Å². The highest BCUT2D eigenvalue weighted by molar-refractivity contribution is 5.79. The molecular formula is C10H15N5O2. The van der Waals surface area contributed by atoms with E-state index >= 15 is 0 Å². The molecule has 0 radical (unpaired) electrons. The average molecular weight is 237 g/mol. The molecule has 0 bridgehead atoms. The SMILES string of the molecule is Nc1ccn(CC(=O)NCC2CCC(=O)N2)n1. The van der Waals surface area contributed by atoms with E-state index in [1.165, 1.54) is 4.68 Å². The van der Waals surface area contributed by atoms with Crippen LogP contribution in [0.1, 0.15) is 12.8 Å². The molecule has 92 valence electrons. The quantitative estimate of drug-likeness (QED) is 0.616. The number of anilines is 1. The molecule has 0 aromatic carbocycles. The Morgan fingerprint density at radius 2 is 2.53 bits per heavy atom. The largest absolute Gasteiger partial charge is 0.382 e. The lowest BCUT2D eigenvalue weighted by molar-refractivity contribution is -0.122. The van der Waals surface area contributed by atoms with Crippen molar-refractivity contribution >= 4 is 17.6 Å². The molecule has 1 atom stereocenters. The summed E-state index contributed by atoms with van der Waals surface area (Å²) >= 11 is 0. The van der Waals surface area contributed by atoms with Crippen molar-refractivity contribution in [3.8, 4) is 0 Å². The number of carbonyl (C=O) groups is 2. The van der Waals surface area contributed by atoms with Crippen LogP contribution in [0, 0.1) is 0 Å². The van der Waals surface area contributed by atoms with Gasteiger partial charge in [-0.3, -0.25) is 14.3 Å². The number of amides is 2. The summed E-state index contributed by atoms with van der Waals surface area (Å²) in [6.07, 6.45) is 2.95. The Balaban J connectivity index is 1.72. The summed E-state index contributed by atoms with van der Waals surface area (Å²) in [6.45, 7) is 0.596. The zero-order valence-corrected chi connectivity index (χ0v) is 9.35. The number of nitrogens with one attached hydrogen (secondary N) is 2. The van der Waals surface area contributed by atoms with Gasteiger partial charge < -0.3 is 16.4 Å². The van der Waals surface area contributed by atoms with Crippen molar-refractivity contribution in [2.75, 3.05) is 12.3 Å². The van der Waals surface area contributed by atoms with Crippen LogP contribution < -0.4 is 16.4 Å². The number of nitrogen functional groups attached to an aromatic ring is 1. The first-order chi connectivity index (χ1) is 8.13. The molecular weight excluding hydrogens is 222 g/mol. The summed E-state index contributed by atoms with van der Waals surface area (Å²) in [7, 11) is 0. The lowest BCUT2D eigenvalue weighted by Crippen LogP contribution is -2.39. The molecule has 2 heterocycles. The summed E-state index contributed by atoms with van der Waals surface area (Å²) in [5, 5.41) is 9.44. The van der Waals surface area contributed by atoms with Gasteiger partial charge in [-0.25, -0.2) is 0 Å². The number of nitrogens with two attached hydrogens (primary N) is 1. The normalized spacial score (nSPS) is 19.1. The number of aromatic nitrogens is 2. The Hall–Kier alpha value is -2.05. The summed E-state index contributed by atoms with van der Waals surface area (Å²) in [6, 6.07) is 1.68. The Labute approximate surface area is 98.4 Å². The van der Waals surface area contributed by atoms with Gasteiger partial charge in [0.15, 0.2) is 0 Å². The predicted molar refractivity (Wildman–Crippen MR) is 60.8 cm³/mol. The fourth-order valence-corrected chi connectivity index (χ4v) is 1.74. The van der Waals surface area contributed by atoms with Gasteiger partial charge in [-0.1, -0.05) is 0 Å². The molecule has 1 fully saturated rings. The van der Waals surface area contributed by atoms with Crippen molar-refractivity contribution in [3.63, 3.8) is 0 Å². The summed E-state index contributed by atoms with van der Waals surface area (Å²) in [5.41, 5.74) is 5.43. The Bertz CT molecular complexity index is 428. The topological polar surface area (TPSA) is 102 Å². The smallest absolute Gasteiger partial charge is 0.241 e. The van der Waals surface area contributed by atoms with Crippen LogP contribution in [0.4, 0.5) is 5.82 Å². The Morgan fingerprint density at radius 1 is 1.71 bits per heavy atom. The highest BCUT2D eigenvalue weighted by Crippen LogP contribution is 2.04. The predicted octanol–water partition coefficient (Wildman–Crippen LogP) is -1.14. The van der Waals surface area contributed by atoms with Crippen LogP contribution in [0.25, 0.3) is 0 Å². The molecule has 4 N–H and O–H groups in total. The van der Waals surface area contributed by atoms with Gasteiger partial charge in [-0.15, -0.1) is 0 Å². The van der Waals surface area contributed by atoms with E-state index in [4.69, 9.17) is 5.73 Å². The Morgan fingerprint density at radius 3 is 3.12 bits per heavy atom. The lowest BCUT2D eigenvalue weighted by Gasteiger charge is -2.11. The van der Waals surface area contributed by atoms with Crippen LogP contribution >= 0.6 is 0 Å². The van der Waals surface area contributed by atoms with Gasteiger partial charge in [0.2, 0.25) is 11.8 Å². The maximum atomic E-state index is 11.5. The molecule has 1 aliphatic heterocycles. The van der Waals surface area contributed by atoms with Gasteiger partial charge >= 0.3 is 0 Å². The second-order valence-electron chi connectivity index (χ2n) is 4.05. The van der Waals surface area contributed by atoms with Crippen LogP contribution in [0.5, 0.6) is 0 Å². The van der Waals surface area contributed by atoms with E-state index in [2.05, 4.69) is 15.7 Å².